The van der Waals surface area contributed by atoms with Crippen LogP contribution in [0.25, 0.3) is 10.8 Å². The van der Waals surface area contributed by atoms with Crippen LogP contribution in [0.1, 0.15) is 11.1 Å². The summed E-state index contributed by atoms with van der Waals surface area (Å²) in [5, 5.41) is 27.6. The third-order valence-corrected chi connectivity index (χ3v) is 5.95. The van der Waals surface area contributed by atoms with Crippen molar-refractivity contribution in [3.8, 4) is 5.75 Å². The van der Waals surface area contributed by atoms with Gasteiger partial charge >= 0.3 is 0 Å². The van der Waals surface area contributed by atoms with Gasteiger partial charge < -0.3 is 10.8 Å². The highest BCUT2D eigenvalue weighted by molar-refractivity contribution is 7.86. The van der Waals surface area contributed by atoms with Crippen molar-refractivity contribution in [3.05, 3.63) is 77.9 Å². The number of nitrogen functional groups attached to an aromatic ring is 1. The highest BCUT2D eigenvalue weighted by Crippen LogP contribution is 2.45. The fourth-order valence-corrected chi connectivity index (χ4v) is 4.03. The lowest BCUT2D eigenvalue weighted by molar-refractivity contribution is 0.481. The van der Waals surface area contributed by atoms with Crippen LogP contribution in [0.3, 0.4) is 0 Å². The number of anilines is 1. The monoisotopic (exact) mass is 475 g/mol. The predicted molar refractivity (Wildman–Crippen MR) is 131 cm³/mol. The summed E-state index contributed by atoms with van der Waals surface area (Å²) in [5.74, 6) is -0.305. The maximum absolute atomic E-state index is 12.0. The number of phenols is 1. The smallest absolute Gasteiger partial charge is 0.296 e. The summed E-state index contributed by atoms with van der Waals surface area (Å²) in [6.07, 6.45) is 0. The van der Waals surface area contributed by atoms with Gasteiger partial charge in [0.25, 0.3) is 10.1 Å². The molecule has 0 radical (unpaired) electrons. The maximum Gasteiger partial charge on any atom is 0.296 e. The van der Waals surface area contributed by atoms with Crippen LogP contribution >= 0.6 is 0 Å². The van der Waals surface area contributed by atoms with Crippen LogP contribution < -0.4 is 5.73 Å². The molecule has 0 aliphatic heterocycles. The molecule has 0 heterocycles. The number of nitrogens with two attached hydrogens (primary N) is 1. The molecule has 0 aliphatic carbocycles. The molecule has 0 atom stereocenters. The molecular weight excluding hydrogens is 454 g/mol. The fraction of sp³-hybridized carbons (Fsp3) is 0.0833. The number of hydrogen-bond donors (Lipinski definition) is 3. The van der Waals surface area contributed by atoms with E-state index < -0.39 is 15.0 Å². The van der Waals surface area contributed by atoms with E-state index >= 15 is 0 Å². The Bertz CT molecular complexity index is 1560. The van der Waals surface area contributed by atoms with E-state index in [9.17, 15) is 18.1 Å². The van der Waals surface area contributed by atoms with Crippen molar-refractivity contribution in [2.75, 3.05) is 5.73 Å². The summed E-state index contributed by atoms with van der Waals surface area (Å²) in [4.78, 5) is -0.526. The molecule has 34 heavy (non-hydrogen) atoms. The summed E-state index contributed by atoms with van der Waals surface area (Å²) in [6.45, 7) is 3.84. The van der Waals surface area contributed by atoms with Gasteiger partial charge in [-0.3, -0.25) is 4.55 Å². The highest BCUT2D eigenvalue weighted by Gasteiger charge is 2.23. The first-order valence-corrected chi connectivity index (χ1v) is 11.6. The Morgan fingerprint density at radius 3 is 2.18 bits per heavy atom. The molecule has 0 amide bonds. The molecule has 4 aromatic rings. The van der Waals surface area contributed by atoms with Gasteiger partial charge in [-0.15, -0.1) is 10.2 Å². The van der Waals surface area contributed by atoms with Gasteiger partial charge in [0.15, 0.2) is 5.75 Å². The quantitative estimate of drug-likeness (QED) is 0.164. The molecule has 0 bridgehead atoms. The van der Waals surface area contributed by atoms with Crippen molar-refractivity contribution in [2.45, 2.75) is 18.7 Å². The predicted octanol–water partition coefficient (Wildman–Crippen LogP) is 6.82. The van der Waals surface area contributed by atoms with Gasteiger partial charge in [0.2, 0.25) is 0 Å². The molecule has 0 spiro atoms. The Hall–Kier alpha value is -4.15. The average molecular weight is 476 g/mol. The van der Waals surface area contributed by atoms with E-state index in [1.807, 2.05) is 44.2 Å². The lowest BCUT2D eigenvalue weighted by Gasteiger charge is -2.12. The van der Waals surface area contributed by atoms with E-state index in [1.165, 1.54) is 18.2 Å². The molecule has 4 rings (SSSR count). The Morgan fingerprint density at radius 1 is 0.794 bits per heavy atom. The number of hydrogen-bond acceptors (Lipinski definition) is 8. The number of phenolic OH excluding ortho intramolecular Hbond substituents is 1. The minimum Gasteiger partial charge on any atom is -0.505 e. The van der Waals surface area contributed by atoms with E-state index in [1.54, 1.807) is 18.2 Å². The van der Waals surface area contributed by atoms with E-state index in [0.717, 1.165) is 11.1 Å². The SMILES string of the molecule is Cc1ccc(N=Nc2c(S(=O)(=O)O)cc3ccc(/N=N\c4cccc(C)c4)c(O)c3c2N)cc1. The summed E-state index contributed by atoms with van der Waals surface area (Å²) in [5.41, 5.74) is 8.97. The Morgan fingerprint density at radius 2 is 1.50 bits per heavy atom. The number of rotatable bonds is 5. The molecule has 0 saturated carbocycles. The second-order valence-corrected chi connectivity index (χ2v) is 9.11. The third kappa shape index (κ3) is 4.77. The summed E-state index contributed by atoms with van der Waals surface area (Å²) in [6, 6.07) is 18.6. The zero-order chi connectivity index (χ0) is 24.5. The number of aromatic hydroxyl groups is 1. The van der Waals surface area contributed by atoms with Crippen molar-refractivity contribution in [1.82, 2.24) is 0 Å². The largest absolute Gasteiger partial charge is 0.505 e. The first kappa shape index (κ1) is 23.0. The van der Waals surface area contributed by atoms with Crippen LogP contribution in [0.15, 0.2) is 92.1 Å². The molecule has 0 fully saturated rings. The van der Waals surface area contributed by atoms with Gasteiger partial charge in [-0.05, 0) is 61.2 Å². The molecule has 172 valence electrons. The third-order valence-electron chi connectivity index (χ3n) is 5.09. The Labute approximate surface area is 196 Å². The van der Waals surface area contributed by atoms with Crippen molar-refractivity contribution >= 4 is 49.3 Å². The van der Waals surface area contributed by atoms with Gasteiger partial charge in [0, 0.05) is 0 Å². The van der Waals surface area contributed by atoms with Crippen LogP contribution in [0.4, 0.5) is 28.4 Å². The first-order valence-electron chi connectivity index (χ1n) is 10.2. The molecule has 9 nitrogen and oxygen atoms in total. The standard InChI is InChI=1S/C24H21N5O4S/c1-14-6-9-17(10-7-14)26-29-23-20(34(31,32)33)13-16-8-11-19(24(30)21(16)22(23)25)28-27-18-5-3-4-15(2)12-18/h3-13,30H,25H2,1-2H3,(H,31,32,33)/b28-27-,29-26?. The normalized spacial score (nSPS) is 12.2. The summed E-state index contributed by atoms with van der Waals surface area (Å²) in [7, 11) is -4.69. The Balaban J connectivity index is 1.87. The average Bonchev–Trinajstić information content (AvgIpc) is 2.78. The topological polar surface area (TPSA) is 150 Å². The van der Waals surface area contributed by atoms with Gasteiger partial charge in [0.05, 0.1) is 22.4 Å². The van der Waals surface area contributed by atoms with Crippen molar-refractivity contribution in [2.24, 2.45) is 20.5 Å². The van der Waals surface area contributed by atoms with E-state index in [-0.39, 0.29) is 33.6 Å². The molecule has 0 unspecified atom stereocenters. The molecule has 0 aliphatic rings. The number of nitrogens with zero attached hydrogens (tertiary/aromatic N) is 4. The van der Waals surface area contributed by atoms with Gasteiger partial charge in [-0.2, -0.15) is 18.6 Å². The van der Waals surface area contributed by atoms with E-state index in [0.29, 0.717) is 11.4 Å². The van der Waals surface area contributed by atoms with E-state index in [4.69, 9.17) is 5.73 Å². The van der Waals surface area contributed by atoms with Crippen LogP contribution in [0.2, 0.25) is 0 Å². The summed E-state index contributed by atoms with van der Waals surface area (Å²) < 4.78 is 33.9. The molecule has 4 aromatic carbocycles. The number of azo groups is 2. The van der Waals surface area contributed by atoms with Crippen molar-refractivity contribution in [1.29, 1.82) is 0 Å². The lowest BCUT2D eigenvalue weighted by atomic mass is 10.1. The second kappa shape index (κ2) is 9.00. The van der Waals surface area contributed by atoms with Gasteiger partial charge in [0.1, 0.15) is 16.3 Å². The molecule has 0 aromatic heterocycles. The highest BCUT2D eigenvalue weighted by atomic mass is 32.2. The summed E-state index contributed by atoms with van der Waals surface area (Å²) >= 11 is 0. The second-order valence-electron chi connectivity index (χ2n) is 7.72. The molecule has 10 heteroatoms. The van der Waals surface area contributed by atoms with Crippen LogP contribution in [0, 0.1) is 13.8 Å². The van der Waals surface area contributed by atoms with Crippen molar-refractivity contribution in [3.63, 3.8) is 0 Å². The Kier molecular flexibility index (Phi) is 6.10. The first-order chi connectivity index (χ1) is 16.1. The zero-order valence-corrected chi connectivity index (χ0v) is 19.2. The number of aryl methyl sites for hydroxylation is 2. The van der Waals surface area contributed by atoms with Gasteiger partial charge in [-0.1, -0.05) is 35.9 Å². The zero-order valence-electron chi connectivity index (χ0n) is 18.3. The van der Waals surface area contributed by atoms with Gasteiger partial charge in [-0.25, -0.2) is 0 Å². The maximum atomic E-state index is 12.0. The fourth-order valence-electron chi connectivity index (χ4n) is 3.36. The number of benzene rings is 4. The lowest BCUT2D eigenvalue weighted by Crippen LogP contribution is -2.01. The minimum atomic E-state index is -4.69. The molecule has 0 saturated heterocycles. The van der Waals surface area contributed by atoms with Crippen LogP contribution in [0.5, 0.6) is 5.75 Å². The minimum absolute atomic E-state index is 0.117. The van der Waals surface area contributed by atoms with E-state index in [2.05, 4.69) is 20.5 Å². The van der Waals surface area contributed by atoms with Crippen LogP contribution in [-0.2, 0) is 10.1 Å². The molecular formula is C24H21N5O4S. The van der Waals surface area contributed by atoms with Crippen molar-refractivity contribution < 1.29 is 18.1 Å². The molecule has 4 N–H and O–H groups in total. The number of fused-ring (bicyclic) bond motifs is 1. The van der Waals surface area contributed by atoms with Crippen LogP contribution in [-0.4, -0.2) is 18.1 Å².